The maximum atomic E-state index is 13.6. The number of pyridine rings is 1. The number of aromatic nitrogens is 7. The highest BCUT2D eigenvalue weighted by atomic mass is 35.5. The van der Waals surface area contributed by atoms with E-state index >= 15 is 0 Å². The zero-order valence-corrected chi connectivity index (χ0v) is 27.4. The number of carbonyl (C=O) groups excluding carboxylic acids is 1. The Bertz CT molecular complexity index is 2250. The number of imidazole rings is 1. The third-order valence-corrected chi connectivity index (χ3v) is 8.79. The number of amides is 1. The van der Waals surface area contributed by atoms with E-state index in [0.29, 0.717) is 48.3 Å². The Morgan fingerprint density at radius 2 is 1.86 bits per heavy atom. The molecule has 1 aliphatic heterocycles. The van der Waals surface area contributed by atoms with Crippen molar-refractivity contribution < 1.29 is 23.0 Å². The molecule has 0 saturated carbocycles. The van der Waals surface area contributed by atoms with Crippen molar-refractivity contribution in [3.05, 3.63) is 95.5 Å². The van der Waals surface area contributed by atoms with Crippen molar-refractivity contribution in [1.29, 1.82) is 0 Å². The SMILES string of the molecule is CC(C)c1cnc(-n2cc3c(n2)-c2cc(-c4cc(C(=O)Nc5ccc(OC(F)(F)Cl)cc5)cc5nc6n(c45)[C@H](C)COC6)cnc2C3)nc1. The summed E-state index contributed by atoms with van der Waals surface area (Å²) in [5.74, 6) is 1.02. The lowest BCUT2D eigenvalue weighted by molar-refractivity contribution is -0.0964. The van der Waals surface area contributed by atoms with Crippen LogP contribution in [0.4, 0.5) is 14.5 Å². The van der Waals surface area contributed by atoms with Gasteiger partial charge in [0, 0.05) is 76.3 Å². The monoisotopic (exact) mass is 682 g/mol. The number of rotatable bonds is 7. The van der Waals surface area contributed by atoms with Crippen molar-refractivity contribution in [2.75, 3.05) is 11.9 Å². The first-order chi connectivity index (χ1) is 23.5. The number of carbonyl (C=O) groups is 1. The van der Waals surface area contributed by atoms with E-state index in [4.69, 9.17) is 31.4 Å². The molecule has 6 aromatic rings. The van der Waals surface area contributed by atoms with Gasteiger partial charge in [-0.3, -0.25) is 9.78 Å². The summed E-state index contributed by atoms with van der Waals surface area (Å²) in [6.07, 6.45) is 8.03. The molecule has 49 heavy (non-hydrogen) atoms. The second-order valence-corrected chi connectivity index (χ2v) is 12.9. The van der Waals surface area contributed by atoms with E-state index in [9.17, 15) is 13.6 Å². The lowest BCUT2D eigenvalue weighted by Gasteiger charge is -2.23. The highest BCUT2D eigenvalue weighted by Crippen LogP contribution is 2.40. The van der Waals surface area contributed by atoms with Gasteiger partial charge in [-0.2, -0.15) is 5.10 Å². The Labute approximate surface area is 283 Å². The van der Waals surface area contributed by atoms with E-state index in [1.165, 1.54) is 24.3 Å². The van der Waals surface area contributed by atoms with Gasteiger partial charge in [0.25, 0.3) is 5.91 Å². The molecular weight excluding hydrogens is 654 g/mol. The van der Waals surface area contributed by atoms with Gasteiger partial charge in [-0.05, 0) is 60.9 Å². The Morgan fingerprint density at radius 1 is 1.08 bits per heavy atom. The lowest BCUT2D eigenvalue weighted by Crippen LogP contribution is -2.21. The van der Waals surface area contributed by atoms with Crippen LogP contribution in [0.3, 0.4) is 0 Å². The van der Waals surface area contributed by atoms with Crippen LogP contribution in [0, 0.1) is 0 Å². The summed E-state index contributed by atoms with van der Waals surface area (Å²) in [4.78, 5) is 32.4. The third kappa shape index (κ3) is 5.78. The minimum absolute atomic E-state index is 0.0139. The van der Waals surface area contributed by atoms with Gasteiger partial charge in [0.1, 0.15) is 18.2 Å². The summed E-state index contributed by atoms with van der Waals surface area (Å²) in [5.41, 5.74) is 4.65. The normalized spacial score (nSPS) is 15.3. The van der Waals surface area contributed by atoms with E-state index in [1.54, 1.807) is 10.7 Å². The third-order valence-electron chi connectivity index (χ3n) is 8.71. The second kappa shape index (κ2) is 11.7. The van der Waals surface area contributed by atoms with Gasteiger partial charge in [0.05, 0.1) is 35.1 Å². The summed E-state index contributed by atoms with van der Waals surface area (Å²) in [5, 5.41) is 7.69. The van der Waals surface area contributed by atoms with E-state index in [2.05, 4.69) is 51.4 Å². The van der Waals surface area contributed by atoms with Crippen LogP contribution in [0.5, 0.6) is 5.75 Å². The first-order valence-electron chi connectivity index (χ1n) is 15.7. The zero-order chi connectivity index (χ0) is 34.0. The molecule has 1 atom stereocenters. The number of benzene rings is 2. The average molecular weight is 683 g/mol. The zero-order valence-electron chi connectivity index (χ0n) is 26.6. The van der Waals surface area contributed by atoms with Gasteiger partial charge in [-0.15, -0.1) is 8.78 Å². The number of fused-ring (bicyclic) bond motifs is 6. The van der Waals surface area contributed by atoms with Gasteiger partial charge in [0.15, 0.2) is 0 Å². The van der Waals surface area contributed by atoms with Gasteiger partial charge in [-0.25, -0.2) is 19.6 Å². The molecule has 0 spiro atoms. The fraction of sp³-hybridized carbons (Fsp3) is 0.257. The van der Waals surface area contributed by atoms with Crippen LogP contribution in [-0.4, -0.2) is 52.4 Å². The minimum atomic E-state index is -3.84. The molecule has 1 aliphatic carbocycles. The molecule has 0 radical (unpaired) electrons. The molecule has 5 heterocycles. The van der Waals surface area contributed by atoms with Crippen molar-refractivity contribution in [2.24, 2.45) is 0 Å². The van der Waals surface area contributed by atoms with Crippen LogP contribution >= 0.6 is 11.6 Å². The number of nitrogens with one attached hydrogen (secondary N) is 1. The minimum Gasteiger partial charge on any atom is -0.420 e. The Balaban J connectivity index is 1.17. The maximum Gasteiger partial charge on any atom is 0.487 e. The number of nitrogens with zero attached hydrogens (tertiary/aromatic N) is 7. The molecular formula is C35H29ClF2N8O3. The van der Waals surface area contributed by atoms with Crippen LogP contribution in [0.2, 0.25) is 0 Å². The smallest absolute Gasteiger partial charge is 0.420 e. The average Bonchev–Trinajstić information content (AvgIpc) is 3.76. The number of hydrogen-bond donors (Lipinski definition) is 1. The van der Waals surface area contributed by atoms with Crippen LogP contribution in [0.1, 0.15) is 65.7 Å². The van der Waals surface area contributed by atoms with Crippen LogP contribution < -0.4 is 10.1 Å². The quantitative estimate of drug-likeness (QED) is 0.174. The van der Waals surface area contributed by atoms with E-state index < -0.39 is 11.5 Å². The fourth-order valence-electron chi connectivity index (χ4n) is 6.33. The standard InChI is InChI=1S/C35H29ClF2N8O3/c1-18(2)23-13-40-34(41-14-23)45-15-22-11-28-27(31(22)44-45)9-21(12-39-28)26-8-20(10-29-32(26)46-19(3)16-48-17-30(46)43-29)33(47)42-24-4-6-25(7-5-24)49-35(36,37)38/h4-10,12-15,18-19H,11,16-17H2,1-3H3,(H,42,47)/t19-/m1/s1. The van der Waals surface area contributed by atoms with Crippen molar-refractivity contribution >= 4 is 34.2 Å². The molecule has 248 valence electrons. The fourth-order valence-corrected chi connectivity index (χ4v) is 6.42. The lowest BCUT2D eigenvalue weighted by atomic mass is 9.99. The molecule has 11 nitrogen and oxygen atoms in total. The summed E-state index contributed by atoms with van der Waals surface area (Å²) in [7, 11) is 0. The van der Waals surface area contributed by atoms with Crippen molar-refractivity contribution in [3.63, 3.8) is 0 Å². The number of hydrogen-bond acceptors (Lipinski definition) is 8. The number of alkyl halides is 3. The highest BCUT2D eigenvalue weighted by molar-refractivity contribution is 6.20. The largest absolute Gasteiger partial charge is 0.487 e. The molecule has 0 bridgehead atoms. The Morgan fingerprint density at radius 3 is 2.59 bits per heavy atom. The second-order valence-electron chi connectivity index (χ2n) is 12.5. The van der Waals surface area contributed by atoms with Crippen LogP contribution in [-0.2, 0) is 17.8 Å². The van der Waals surface area contributed by atoms with Gasteiger partial charge >= 0.3 is 5.57 Å². The van der Waals surface area contributed by atoms with Gasteiger partial charge < -0.3 is 19.4 Å². The van der Waals surface area contributed by atoms with Crippen molar-refractivity contribution in [3.8, 4) is 34.1 Å². The van der Waals surface area contributed by atoms with Crippen molar-refractivity contribution in [1.82, 2.24) is 34.3 Å². The van der Waals surface area contributed by atoms with E-state index in [1.807, 2.05) is 30.9 Å². The number of anilines is 1. The summed E-state index contributed by atoms with van der Waals surface area (Å²) in [6.45, 7) is 7.13. The predicted molar refractivity (Wildman–Crippen MR) is 178 cm³/mol. The molecule has 0 saturated heterocycles. The molecule has 1 amide bonds. The first-order valence-corrected chi connectivity index (χ1v) is 16.1. The highest BCUT2D eigenvalue weighted by Gasteiger charge is 2.29. The molecule has 2 aliphatic rings. The van der Waals surface area contributed by atoms with Gasteiger partial charge in [-0.1, -0.05) is 13.8 Å². The van der Waals surface area contributed by atoms with Crippen LogP contribution in [0.25, 0.3) is 39.4 Å². The summed E-state index contributed by atoms with van der Waals surface area (Å²) < 4.78 is 40.1. The van der Waals surface area contributed by atoms with Crippen LogP contribution in [0.15, 0.2) is 67.3 Å². The first kappa shape index (κ1) is 31.0. The molecule has 8 rings (SSSR count). The molecule has 14 heteroatoms. The molecule has 0 fully saturated rings. The molecule has 0 unspecified atom stereocenters. The topological polar surface area (TPSA) is 122 Å². The molecule has 1 N–H and O–H groups in total. The summed E-state index contributed by atoms with van der Waals surface area (Å²) in [6, 6.07) is 11.1. The predicted octanol–water partition coefficient (Wildman–Crippen LogP) is 7.28. The number of ether oxygens (including phenoxy) is 2. The van der Waals surface area contributed by atoms with E-state index in [-0.39, 0.29) is 11.8 Å². The maximum absolute atomic E-state index is 13.6. The molecule has 4 aromatic heterocycles. The Kier molecular flexibility index (Phi) is 7.41. The number of halogens is 3. The summed E-state index contributed by atoms with van der Waals surface area (Å²) >= 11 is 4.87. The Hall–Kier alpha value is -5.27. The van der Waals surface area contributed by atoms with Gasteiger partial charge in [0.2, 0.25) is 5.95 Å². The molecule has 2 aromatic carbocycles. The van der Waals surface area contributed by atoms with Crippen molar-refractivity contribution in [2.45, 2.75) is 51.3 Å². The van der Waals surface area contributed by atoms with E-state index in [0.717, 1.165) is 50.5 Å².